The van der Waals surface area contributed by atoms with E-state index in [0.29, 0.717) is 12.0 Å². The minimum Gasteiger partial charge on any atom is -0.507 e. The van der Waals surface area contributed by atoms with Gasteiger partial charge in [0.25, 0.3) is 0 Å². The molecular weight excluding hydrogens is 202 g/mol. The normalized spacial score (nSPS) is 11.9. The molecule has 1 unspecified atom stereocenters. The number of halogens is 1. The van der Waals surface area contributed by atoms with Crippen LogP contribution in [-0.4, -0.2) is 16.8 Å². The highest BCUT2D eigenvalue weighted by Gasteiger charge is 2.10. The summed E-state index contributed by atoms with van der Waals surface area (Å²) in [5.74, 6) is 0.239. The molecule has 0 saturated carbocycles. The lowest BCUT2D eigenvalue weighted by Crippen LogP contribution is -2.12. The molecule has 0 spiro atoms. The van der Waals surface area contributed by atoms with Gasteiger partial charge >= 0.3 is 0 Å². The van der Waals surface area contributed by atoms with Crippen LogP contribution in [0, 0.1) is 6.92 Å². The van der Waals surface area contributed by atoms with Crippen LogP contribution < -0.4 is 5.73 Å². The number of phenols is 1. The Bertz CT molecular complexity index is 291. The third kappa shape index (κ3) is 2.87. The van der Waals surface area contributed by atoms with Crippen molar-refractivity contribution in [3.63, 3.8) is 0 Å². The minimum absolute atomic E-state index is 0. The molecule has 0 aromatic heterocycles. The summed E-state index contributed by atoms with van der Waals surface area (Å²) >= 11 is 0. The topological polar surface area (TPSA) is 66.5 Å². The number of aryl methyl sites for hydroxylation is 1. The maximum Gasteiger partial charge on any atom is 0.123 e. The quantitative estimate of drug-likeness (QED) is 0.719. The molecule has 0 heterocycles. The number of para-hydroxylation sites is 1. The summed E-state index contributed by atoms with van der Waals surface area (Å²) in [6, 6.07) is 5.17. The van der Waals surface area contributed by atoms with Gasteiger partial charge in [-0.2, -0.15) is 0 Å². The molecule has 0 bridgehead atoms. The van der Waals surface area contributed by atoms with Crippen LogP contribution in [0.25, 0.3) is 0 Å². The van der Waals surface area contributed by atoms with Crippen molar-refractivity contribution in [2.24, 2.45) is 5.73 Å². The molecule has 0 aliphatic carbocycles. The van der Waals surface area contributed by atoms with E-state index in [1.54, 1.807) is 6.07 Å². The second-order valence-electron chi connectivity index (χ2n) is 3.13. The van der Waals surface area contributed by atoms with Crippen molar-refractivity contribution in [1.82, 2.24) is 0 Å². The van der Waals surface area contributed by atoms with Crippen LogP contribution in [0.3, 0.4) is 0 Å². The molecule has 1 rings (SSSR count). The van der Waals surface area contributed by atoms with E-state index in [1.807, 2.05) is 19.1 Å². The van der Waals surface area contributed by atoms with Crippen LogP contribution in [0.2, 0.25) is 0 Å². The second kappa shape index (κ2) is 5.86. The molecule has 14 heavy (non-hydrogen) atoms. The summed E-state index contributed by atoms with van der Waals surface area (Å²) in [7, 11) is 0. The molecule has 1 atom stereocenters. The van der Waals surface area contributed by atoms with Gasteiger partial charge in [0.05, 0.1) is 0 Å². The number of aliphatic hydroxyl groups is 1. The third-order valence-electron chi connectivity index (χ3n) is 2.11. The Morgan fingerprint density at radius 2 is 2.07 bits per heavy atom. The van der Waals surface area contributed by atoms with Gasteiger partial charge < -0.3 is 15.9 Å². The minimum atomic E-state index is -0.287. The Kier molecular flexibility index (Phi) is 5.53. The molecule has 4 N–H and O–H groups in total. The number of hydrogen-bond acceptors (Lipinski definition) is 3. The number of aromatic hydroxyl groups is 1. The van der Waals surface area contributed by atoms with Crippen LogP contribution in [0.5, 0.6) is 5.75 Å². The highest BCUT2D eigenvalue weighted by atomic mass is 35.5. The molecule has 80 valence electrons. The van der Waals surface area contributed by atoms with Gasteiger partial charge in [0.1, 0.15) is 5.75 Å². The summed E-state index contributed by atoms with van der Waals surface area (Å²) in [6.45, 7) is 1.86. The summed E-state index contributed by atoms with van der Waals surface area (Å²) < 4.78 is 0. The lowest BCUT2D eigenvalue weighted by atomic mass is 10.0. The zero-order chi connectivity index (χ0) is 9.84. The fourth-order valence-corrected chi connectivity index (χ4v) is 1.28. The van der Waals surface area contributed by atoms with Gasteiger partial charge in [-0.25, -0.2) is 0 Å². The first kappa shape index (κ1) is 13.2. The van der Waals surface area contributed by atoms with E-state index in [0.717, 1.165) is 5.56 Å². The van der Waals surface area contributed by atoms with Gasteiger partial charge in [0, 0.05) is 18.2 Å². The molecule has 0 saturated heterocycles. The number of rotatable bonds is 3. The van der Waals surface area contributed by atoms with Gasteiger partial charge in [-0.05, 0) is 18.9 Å². The van der Waals surface area contributed by atoms with E-state index in [1.165, 1.54) is 0 Å². The van der Waals surface area contributed by atoms with Gasteiger partial charge in [0.2, 0.25) is 0 Å². The average Bonchev–Trinajstić information content (AvgIpc) is 2.10. The van der Waals surface area contributed by atoms with E-state index in [9.17, 15) is 5.11 Å². The van der Waals surface area contributed by atoms with E-state index in [-0.39, 0.29) is 30.8 Å². The maximum atomic E-state index is 9.63. The predicted octanol–water partition coefficient (Wildman–Crippen LogP) is 1.50. The average molecular weight is 218 g/mol. The van der Waals surface area contributed by atoms with Crippen LogP contribution in [-0.2, 0) is 0 Å². The first-order valence-corrected chi connectivity index (χ1v) is 4.31. The fraction of sp³-hybridized carbons (Fsp3) is 0.400. The van der Waals surface area contributed by atoms with E-state index in [2.05, 4.69) is 0 Å². The lowest BCUT2D eigenvalue weighted by Gasteiger charge is -2.13. The van der Waals surface area contributed by atoms with Gasteiger partial charge in [-0.15, -0.1) is 12.4 Å². The zero-order valence-corrected chi connectivity index (χ0v) is 8.92. The van der Waals surface area contributed by atoms with Gasteiger partial charge in [-0.1, -0.05) is 18.2 Å². The maximum absolute atomic E-state index is 9.63. The van der Waals surface area contributed by atoms with Crippen molar-refractivity contribution >= 4 is 12.4 Å². The summed E-state index contributed by atoms with van der Waals surface area (Å²) in [5, 5.41) is 18.3. The Balaban J connectivity index is 0.00000169. The van der Waals surface area contributed by atoms with Crippen molar-refractivity contribution < 1.29 is 10.2 Å². The van der Waals surface area contributed by atoms with E-state index in [4.69, 9.17) is 10.8 Å². The fourth-order valence-electron chi connectivity index (χ4n) is 1.28. The Morgan fingerprint density at radius 1 is 1.43 bits per heavy atom. The Labute approximate surface area is 90.0 Å². The Hall–Kier alpha value is -0.770. The lowest BCUT2D eigenvalue weighted by molar-refractivity contribution is 0.275. The molecule has 0 radical (unpaired) electrons. The third-order valence-corrected chi connectivity index (χ3v) is 2.11. The van der Waals surface area contributed by atoms with Crippen molar-refractivity contribution in [1.29, 1.82) is 0 Å². The zero-order valence-electron chi connectivity index (χ0n) is 8.10. The molecule has 0 aliphatic heterocycles. The van der Waals surface area contributed by atoms with Crippen LogP contribution in [0.4, 0.5) is 0 Å². The highest BCUT2D eigenvalue weighted by molar-refractivity contribution is 5.85. The van der Waals surface area contributed by atoms with Crippen molar-refractivity contribution in [3.05, 3.63) is 29.3 Å². The molecule has 0 fully saturated rings. The molecule has 1 aromatic rings. The first-order chi connectivity index (χ1) is 6.16. The molecule has 4 heteroatoms. The molecule has 0 aliphatic rings. The summed E-state index contributed by atoms with van der Waals surface area (Å²) in [5.41, 5.74) is 7.27. The van der Waals surface area contributed by atoms with E-state index >= 15 is 0 Å². The van der Waals surface area contributed by atoms with Crippen LogP contribution >= 0.6 is 12.4 Å². The monoisotopic (exact) mass is 217 g/mol. The number of phenolic OH excluding ortho intramolecular Hbond substituents is 1. The smallest absolute Gasteiger partial charge is 0.123 e. The van der Waals surface area contributed by atoms with E-state index < -0.39 is 0 Å². The number of hydrogen-bond donors (Lipinski definition) is 3. The summed E-state index contributed by atoms with van der Waals surface area (Å²) in [4.78, 5) is 0. The molecule has 3 nitrogen and oxygen atoms in total. The number of benzene rings is 1. The first-order valence-electron chi connectivity index (χ1n) is 4.31. The largest absolute Gasteiger partial charge is 0.507 e. The number of aliphatic hydroxyl groups excluding tert-OH is 1. The molecule has 0 amide bonds. The predicted molar refractivity (Wildman–Crippen MR) is 58.7 cm³/mol. The van der Waals surface area contributed by atoms with Gasteiger partial charge in [-0.3, -0.25) is 0 Å². The van der Waals surface area contributed by atoms with Crippen LogP contribution in [0.1, 0.15) is 23.6 Å². The molecule has 1 aromatic carbocycles. The van der Waals surface area contributed by atoms with Gasteiger partial charge in [0.15, 0.2) is 0 Å². The van der Waals surface area contributed by atoms with Crippen molar-refractivity contribution in [3.8, 4) is 5.75 Å². The van der Waals surface area contributed by atoms with Crippen LogP contribution in [0.15, 0.2) is 18.2 Å². The molecular formula is C10H16ClNO2. The standard InChI is InChI=1S/C10H15NO2.ClH/c1-7-3-2-4-8(10(7)13)9(11)5-6-12;/h2-4,9,12-13H,5-6,11H2,1H3;1H. The highest BCUT2D eigenvalue weighted by Crippen LogP contribution is 2.27. The Morgan fingerprint density at radius 3 is 2.64 bits per heavy atom. The number of nitrogens with two attached hydrogens (primary N) is 1. The SMILES string of the molecule is Cc1cccc(C(N)CCO)c1O.Cl. The van der Waals surface area contributed by atoms with Crippen molar-refractivity contribution in [2.45, 2.75) is 19.4 Å². The summed E-state index contributed by atoms with van der Waals surface area (Å²) in [6.07, 6.45) is 0.469. The second-order valence-corrected chi connectivity index (χ2v) is 3.13. The van der Waals surface area contributed by atoms with Crippen molar-refractivity contribution in [2.75, 3.05) is 6.61 Å².